The number of halogens is 1. The van der Waals surface area contributed by atoms with Crippen molar-refractivity contribution in [3.05, 3.63) is 35.5 Å². The van der Waals surface area contributed by atoms with Gasteiger partial charge in [-0.3, -0.25) is 9.40 Å². The Hall–Kier alpha value is -1.62. The molecule has 0 saturated carbocycles. The van der Waals surface area contributed by atoms with Gasteiger partial charge in [-0.15, -0.1) is 0 Å². The summed E-state index contributed by atoms with van der Waals surface area (Å²) in [7, 11) is -6.34. The van der Waals surface area contributed by atoms with Crippen LogP contribution in [0.25, 0.3) is 0 Å². The molecule has 0 aliphatic carbocycles. The summed E-state index contributed by atoms with van der Waals surface area (Å²) in [5.74, 6) is 0. The molecule has 1 aromatic heterocycles. The number of hydrogen-bond donors (Lipinski definition) is 2. The zero-order chi connectivity index (χ0) is 15.8. The fourth-order valence-electron chi connectivity index (χ4n) is 1.63. The van der Waals surface area contributed by atoms with Gasteiger partial charge in [0.1, 0.15) is 4.90 Å². The summed E-state index contributed by atoms with van der Waals surface area (Å²) < 4.78 is 50.1. The van der Waals surface area contributed by atoms with E-state index in [0.29, 0.717) is 0 Å². The number of primary sulfonamides is 1. The Morgan fingerprint density at radius 3 is 2.38 bits per heavy atom. The molecule has 8 nitrogen and oxygen atoms in total. The quantitative estimate of drug-likeness (QED) is 0.831. The Balaban J connectivity index is 2.38. The number of benzene rings is 1. The van der Waals surface area contributed by atoms with E-state index in [1.165, 1.54) is 30.1 Å². The SMILES string of the molecule is Cn1nccc1S(=O)(=O)Nc1ccc(S(N)(=O)=O)c(Cl)c1. The molecule has 0 amide bonds. The highest BCUT2D eigenvalue weighted by atomic mass is 35.5. The predicted octanol–water partition coefficient (Wildman–Crippen LogP) is 0.522. The average Bonchev–Trinajstić information content (AvgIpc) is 2.74. The largest absolute Gasteiger partial charge is 0.279 e. The second-order valence-corrected chi connectivity index (χ2v) is 7.66. The minimum Gasteiger partial charge on any atom is -0.278 e. The predicted molar refractivity (Wildman–Crippen MR) is 76.8 cm³/mol. The van der Waals surface area contributed by atoms with E-state index in [-0.39, 0.29) is 20.6 Å². The zero-order valence-electron chi connectivity index (χ0n) is 10.7. The van der Waals surface area contributed by atoms with Crippen molar-refractivity contribution in [1.29, 1.82) is 0 Å². The summed E-state index contributed by atoms with van der Waals surface area (Å²) in [6.07, 6.45) is 1.34. The van der Waals surface area contributed by atoms with Crippen LogP contribution in [0.3, 0.4) is 0 Å². The Kier molecular flexibility index (Phi) is 3.97. The molecule has 11 heteroatoms. The molecular weight excluding hydrogens is 340 g/mol. The number of nitrogens with zero attached hydrogens (tertiary/aromatic N) is 2. The number of aryl methyl sites for hydroxylation is 1. The summed E-state index contributed by atoms with van der Waals surface area (Å²) in [5, 5.41) is 8.51. The second kappa shape index (κ2) is 5.30. The molecule has 21 heavy (non-hydrogen) atoms. The molecule has 0 saturated heterocycles. The molecule has 1 aromatic carbocycles. The van der Waals surface area contributed by atoms with Gasteiger partial charge in [0.05, 0.1) is 16.9 Å². The van der Waals surface area contributed by atoms with Gasteiger partial charge in [0.2, 0.25) is 10.0 Å². The van der Waals surface area contributed by atoms with Gasteiger partial charge < -0.3 is 0 Å². The Morgan fingerprint density at radius 2 is 1.90 bits per heavy atom. The first-order valence-electron chi connectivity index (χ1n) is 5.44. The first-order chi connectivity index (χ1) is 9.61. The van der Waals surface area contributed by atoms with Gasteiger partial charge in [0, 0.05) is 7.05 Å². The molecule has 0 aliphatic heterocycles. The maximum Gasteiger partial charge on any atom is 0.279 e. The lowest BCUT2D eigenvalue weighted by Crippen LogP contribution is -2.17. The topological polar surface area (TPSA) is 124 Å². The van der Waals surface area contributed by atoms with Crippen molar-refractivity contribution in [2.75, 3.05) is 4.72 Å². The van der Waals surface area contributed by atoms with Crippen LogP contribution in [0.15, 0.2) is 40.4 Å². The van der Waals surface area contributed by atoms with Gasteiger partial charge in [-0.1, -0.05) is 11.6 Å². The van der Waals surface area contributed by atoms with E-state index < -0.39 is 20.0 Å². The van der Waals surface area contributed by atoms with Crippen LogP contribution in [-0.2, 0) is 27.1 Å². The van der Waals surface area contributed by atoms with Gasteiger partial charge in [-0.2, -0.15) is 13.5 Å². The van der Waals surface area contributed by atoms with Crippen LogP contribution in [0, 0.1) is 0 Å². The zero-order valence-corrected chi connectivity index (χ0v) is 13.1. The third kappa shape index (κ3) is 3.35. The lowest BCUT2D eigenvalue weighted by atomic mass is 10.3. The monoisotopic (exact) mass is 350 g/mol. The smallest absolute Gasteiger partial charge is 0.278 e. The number of rotatable bonds is 4. The number of sulfonamides is 2. The summed E-state index contributed by atoms with van der Waals surface area (Å²) in [4.78, 5) is -0.285. The third-order valence-electron chi connectivity index (χ3n) is 2.54. The number of hydrogen-bond acceptors (Lipinski definition) is 5. The van der Waals surface area contributed by atoms with Crippen molar-refractivity contribution in [3.8, 4) is 0 Å². The number of anilines is 1. The van der Waals surface area contributed by atoms with Gasteiger partial charge in [0.15, 0.2) is 5.03 Å². The molecular formula is C10H11ClN4O4S2. The molecule has 0 aliphatic rings. The van der Waals surface area contributed by atoms with Crippen LogP contribution in [-0.4, -0.2) is 26.6 Å². The highest BCUT2D eigenvalue weighted by molar-refractivity contribution is 7.92. The molecule has 0 fully saturated rings. The van der Waals surface area contributed by atoms with Crippen molar-refractivity contribution < 1.29 is 16.8 Å². The number of nitrogens with two attached hydrogens (primary N) is 1. The summed E-state index contributed by atoms with van der Waals surface area (Å²) >= 11 is 5.79. The maximum absolute atomic E-state index is 12.1. The summed E-state index contributed by atoms with van der Waals surface area (Å²) in [6.45, 7) is 0. The van der Waals surface area contributed by atoms with Crippen LogP contribution in [0.4, 0.5) is 5.69 Å². The fourth-order valence-corrected chi connectivity index (χ4v) is 3.90. The Morgan fingerprint density at radius 1 is 1.24 bits per heavy atom. The van der Waals surface area contributed by atoms with E-state index in [9.17, 15) is 16.8 Å². The molecule has 0 bridgehead atoms. The van der Waals surface area contributed by atoms with Crippen molar-refractivity contribution in [2.45, 2.75) is 9.92 Å². The summed E-state index contributed by atoms with van der Waals surface area (Å²) in [6, 6.07) is 4.86. The molecule has 0 atom stereocenters. The lowest BCUT2D eigenvalue weighted by molar-refractivity contribution is 0.582. The second-order valence-electron chi connectivity index (χ2n) is 4.09. The van der Waals surface area contributed by atoms with E-state index in [1.54, 1.807) is 0 Å². The molecule has 0 radical (unpaired) electrons. The van der Waals surface area contributed by atoms with Crippen molar-refractivity contribution >= 4 is 37.3 Å². The van der Waals surface area contributed by atoms with E-state index in [4.69, 9.17) is 16.7 Å². The first kappa shape index (κ1) is 15.8. The van der Waals surface area contributed by atoms with E-state index >= 15 is 0 Å². The first-order valence-corrected chi connectivity index (χ1v) is 8.85. The minimum absolute atomic E-state index is 0.0471. The fraction of sp³-hybridized carbons (Fsp3) is 0.100. The van der Waals surface area contributed by atoms with Crippen LogP contribution in [0.1, 0.15) is 0 Å². The molecule has 0 unspecified atom stereocenters. The highest BCUT2D eigenvalue weighted by Crippen LogP contribution is 2.25. The minimum atomic E-state index is -3.97. The van der Waals surface area contributed by atoms with E-state index in [2.05, 4.69) is 9.82 Å². The Bertz CT molecular complexity index is 890. The highest BCUT2D eigenvalue weighted by Gasteiger charge is 2.19. The lowest BCUT2D eigenvalue weighted by Gasteiger charge is -2.09. The summed E-state index contributed by atoms with van der Waals surface area (Å²) in [5.41, 5.74) is 0.105. The van der Waals surface area contributed by atoms with Crippen molar-refractivity contribution in [2.24, 2.45) is 12.2 Å². The Labute approximate surface area is 126 Å². The van der Waals surface area contributed by atoms with Gasteiger partial charge >= 0.3 is 0 Å². The van der Waals surface area contributed by atoms with Gasteiger partial charge in [-0.25, -0.2) is 13.6 Å². The molecule has 2 rings (SSSR count). The molecule has 1 heterocycles. The average molecular weight is 351 g/mol. The van der Waals surface area contributed by atoms with Crippen LogP contribution in [0.2, 0.25) is 5.02 Å². The maximum atomic E-state index is 12.1. The van der Waals surface area contributed by atoms with E-state index in [0.717, 1.165) is 12.1 Å². The van der Waals surface area contributed by atoms with Crippen LogP contribution in [0.5, 0.6) is 0 Å². The third-order valence-corrected chi connectivity index (χ3v) is 5.39. The van der Waals surface area contributed by atoms with Gasteiger partial charge in [-0.05, 0) is 24.3 Å². The standard InChI is InChI=1S/C10H11ClN4O4S2/c1-15-10(4-5-13-15)21(18,19)14-7-2-3-9(8(11)6-7)20(12,16)17/h2-6,14H,1H3,(H2,12,16,17). The molecule has 2 aromatic rings. The number of aromatic nitrogens is 2. The molecule has 3 N–H and O–H groups in total. The number of nitrogens with one attached hydrogen (secondary N) is 1. The van der Waals surface area contributed by atoms with Crippen LogP contribution >= 0.6 is 11.6 Å². The van der Waals surface area contributed by atoms with Gasteiger partial charge in [0.25, 0.3) is 10.0 Å². The normalized spacial score (nSPS) is 12.3. The molecule has 114 valence electrons. The van der Waals surface area contributed by atoms with Crippen molar-refractivity contribution in [1.82, 2.24) is 9.78 Å². The van der Waals surface area contributed by atoms with Crippen molar-refractivity contribution in [3.63, 3.8) is 0 Å². The van der Waals surface area contributed by atoms with Crippen LogP contribution < -0.4 is 9.86 Å². The van der Waals surface area contributed by atoms with E-state index in [1.807, 2.05) is 0 Å². The molecule has 0 spiro atoms.